The molecule has 2 aromatic carbocycles. The van der Waals surface area contributed by atoms with E-state index in [9.17, 15) is 12.8 Å². The SMILES string of the molecule is CC(C)c1ccc(S(=O)(=O)N/N=C/c2cn[nH]c2-c2ccc(F)cc2)cc1. The van der Waals surface area contributed by atoms with Gasteiger partial charge in [0.05, 0.1) is 23.0 Å². The molecule has 0 spiro atoms. The smallest absolute Gasteiger partial charge is 0.276 e. The van der Waals surface area contributed by atoms with Crippen LogP contribution in [0.1, 0.15) is 30.9 Å². The summed E-state index contributed by atoms with van der Waals surface area (Å²) < 4.78 is 37.8. The second-order valence-electron chi connectivity index (χ2n) is 6.28. The third-order valence-electron chi connectivity index (χ3n) is 4.04. The van der Waals surface area contributed by atoms with Gasteiger partial charge in [0.1, 0.15) is 5.82 Å². The summed E-state index contributed by atoms with van der Waals surface area (Å²) in [5.41, 5.74) is 2.95. The first-order valence-electron chi connectivity index (χ1n) is 8.31. The maximum atomic E-state index is 13.1. The molecule has 6 nitrogen and oxygen atoms in total. The van der Waals surface area contributed by atoms with Gasteiger partial charge in [0.2, 0.25) is 0 Å². The Balaban J connectivity index is 1.75. The standard InChI is InChI=1S/C19H19FN4O2S/c1-13(2)14-5-9-18(10-6-14)27(25,26)24-22-12-16-11-21-23-19(16)15-3-7-17(20)8-4-15/h3-13,24H,1-2H3,(H,21,23)/b22-12+. The number of aromatic amines is 1. The Labute approximate surface area is 157 Å². The van der Waals surface area contributed by atoms with E-state index in [4.69, 9.17) is 0 Å². The molecule has 0 amide bonds. The zero-order valence-corrected chi connectivity index (χ0v) is 15.7. The zero-order valence-electron chi connectivity index (χ0n) is 14.8. The minimum atomic E-state index is -3.77. The number of aromatic nitrogens is 2. The number of hydrazone groups is 1. The fraction of sp³-hybridized carbons (Fsp3) is 0.158. The number of hydrogen-bond acceptors (Lipinski definition) is 4. The van der Waals surface area contributed by atoms with Crippen LogP contribution in [-0.4, -0.2) is 24.8 Å². The van der Waals surface area contributed by atoms with Crippen molar-refractivity contribution in [2.75, 3.05) is 0 Å². The van der Waals surface area contributed by atoms with E-state index in [0.717, 1.165) is 5.56 Å². The molecule has 0 bridgehead atoms. The first-order chi connectivity index (χ1) is 12.9. The Hall–Kier alpha value is -3.00. The van der Waals surface area contributed by atoms with Crippen LogP contribution < -0.4 is 4.83 Å². The van der Waals surface area contributed by atoms with E-state index in [1.54, 1.807) is 36.4 Å². The van der Waals surface area contributed by atoms with E-state index in [-0.39, 0.29) is 10.7 Å². The fourth-order valence-corrected chi connectivity index (χ4v) is 3.28. The van der Waals surface area contributed by atoms with Gasteiger partial charge in [-0.3, -0.25) is 5.10 Å². The average Bonchev–Trinajstić information content (AvgIpc) is 3.11. The van der Waals surface area contributed by atoms with Crippen molar-refractivity contribution in [2.24, 2.45) is 5.10 Å². The van der Waals surface area contributed by atoms with Gasteiger partial charge < -0.3 is 0 Å². The van der Waals surface area contributed by atoms with Gasteiger partial charge in [-0.25, -0.2) is 9.22 Å². The first-order valence-corrected chi connectivity index (χ1v) is 9.79. The predicted molar refractivity (Wildman–Crippen MR) is 102 cm³/mol. The molecule has 0 unspecified atom stereocenters. The highest BCUT2D eigenvalue weighted by Gasteiger charge is 2.13. The lowest BCUT2D eigenvalue weighted by atomic mass is 10.0. The number of nitrogens with one attached hydrogen (secondary N) is 2. The van der Waals surface area contributed by atoms with Crippen molar-refractivity contribution in [1.82, 2.24) is 15.0 Å². The predicted octanol–water partition coefficient (Wildman–Crippen LogP) is 3.65. The number of benzene rings is 2. The van der Waals surface area contributed by atoms with Gasteiger partial charge >= 0.3 is 0 Å². The monoisotopic (exact) mass is 386 g/mol. The van der Waals surface area contributed by atoms with Crippen LogP contribution in [-0.2, 0) is 10.0 Å². The summed E-state index contributed by atoms with van der Waals surface area (Å²) in [5.74, 6) is -0.0246. The minimum absolute atomic E-state index is 0.134. The lowest BCUT2D eigenvalue weighted by Gasteiger charge is -2.07. The van der Waals surface area contributed by atoms with Crippen LogP contribution in [0.15, 0.2) is 64.7 Å². The van der Waals surface area contributed by atoms with Crippen molar-refractivity contribution < 1.29 is 12.8 Å². The highest BCUT2D eigenvalue weighted by Crippen LogP contribution is 2.20. The van der Waals surface area contributed by atoms with E-state index < -0.39 is 10.0 Å². The van der Waals surface area contributed by atoms with Crippen molar-refractivity contribution in [2.45, 2.75) is 24.7 Å². The van der Waals surface area contributed by atoms with Gasteiger partial charge in [0, 0.05) is 11.1 Å². The lowest BCUT2D eigenvalue weighted by molar-refractivity contribution is 0.584. The summed E-state index contributed by atoms with van der Waals surface area (Å²) in [5, 5.41) is 10.6. The fourth-order valence-electron chi connectivity index (χ4n) is 2.49. The molecule has 0 radical (unpaired) electrons. The highest BCUT2D eigenvalue weighted by atomic mass is 32.2. The summed E-state index contributed by atoms with van der Waals surface area (Å²) in [6, 6.07) is 12.5. The molecule has 0 aliphatic heterocycles. The van der Waals surface area contributed by atoms with Crippen molar-refractivity contribution in [1.29, 1.82) is 0 Å². The van der Waals surface area contributed by atoms with Gasteiger partial charge in [0.15, 0.2) is 0 Å². The first kappa shape index (κ1) is 18.8. The topological polar surface area (TPSA) is 87.2 Å². The lowest BCUT2D eigenvalue weighted by Crippen LogP contribution is -2.18. The van der Waals surface area contributed by atoms with E-state index in [0.29, 0.717) is 22.7 Å². The number of H-pyrrole nitrogens is 1. The van der Waals surface area contributed by atoms with Crippen LogP contribution in [0, 0.1) is 5.82 Å². The molecule has 0 saturated carbocycles. The summed E-state index contributed by atoms with van der Waals surface area (Å²) in [6.07, 6.45) is 2.86. The molecule has 8 heteroatoms. The van der Waals surface area contributed by atoms with Crippen LogP contribution in [0.4, 0.5) is 4.39 Å². The number of nitrogens with zero attached hydrogens (tertiary/aromatic N) is 2. The zero-order chi connectivity index (χ0) is 19.4. The van der Waals surface area contributed by atoms with Crippen molar-refractivity contribution >= 4 is 16.2 Å². The van der Waals surface area contributed by atoms with Gasteiger partial charge in [-0.2, -0.15) is 18.6 Å². The molecule has 27 heavy (non-hydrogen) atoms. The minimum Gasteiger partial charge on any atom is -0.277 e. The molecule has 1 heterocycles. The number of sulfonamides is 1. The third-order valence-corrected chi connectivity index (χ3v) is 5.27. The van der Waals surface area contributed by atoms with E-state index in [2.05, 4.69) is 20.1 Å². The van der Waals surface area contributed by atoms with Crippen LogP contribution in [0.3, 0.4) is 0 Å². The van der Waals surface area contributed by atoms with Crippen molar-refractivity contribution in [3.63, 3.8) is 0 Å². The molecule has 0 atom stereocenters. The van der Waals surface area contributed by atoms with Crippen LogP contribution in [0.5, 0.6) is 0 Å². The molecular formula is C19H19FN4O2S. The Morgan fingerprint density at radius 1 is 1.11 bits per heavy atom. The van der Waals surface area contributed by atoms with Crippen molar-refractivity contribution in [3.05, 3.63) is 71.7 Å². The Morgan fingerprint density at radius 2 is 1.78 bits per heavy atom. The second kappa shape index (κ2) is 7.71. The number of halogens is 1. The van der Waals surface area contributed by atoms with Crippen LogP contribution >= 0.6 is 0 Å². The number of hydrogen-bond donors (Lipinski definition) is 2. The Morgan fingerprint density at radius 3 is 2.41 bits per heavy atom. The second-order valence-corrected chi connectivity index (χ2v) is 7.94. The van der Waals surface area contributed by atoms with E-state index in [1.165, 1.54) is 24.5 Å². The molecular weight excluding hydrogens is 367 g/mol. The van der Waals surface area contributed by atoms with E-state index >= 15 is 0 Å². The van der Waals surface area contributed by atoms with Crippen LogP contribution in [0.2, 0.25) is 0 Å². The summed E-state index contributed by atoms with van der Waals surface area (Å²) in [7, 11) is -3.77. The largest absolute Gasteiger partial charge is 0.277 e. The molecule has 3 aromatic rings. The summed E-state index contributed by atoms with van der Waals surface area (Å²) in [6.45, 7) is 4.07. The molecule has 0 saturated heterocycles. The molecule has 2 N–H and O–H groups in total. The van der Waals surface area contributed by atoms with Crippen LogP contribution in [0.25, 0.3) is 11.3 Å². The Bertz CT molecular complexity index is 1040. The summed E-state index contributed by atoms with van der Waals surface area (Å²) >= 11 is 0. The van der Waals surface area contributed by atoms with Crippen molar-refractivity contribution in [3.8, 4) is 11.3 Å². The molecule has 0 aliphatic carbocycles. The van der Waals surface area contributed by atoms with Gasteiger partial charge in [-0.05, 0) is 47.9 Å². The quantitative estimate of drug-likeness (QED) is 0.501. The maximum absolute atomic E-state index is 13.1. The molecule has 0 aliphatic rings. The van der Waals surface area contributed by atoms with E-state index in [1.807, 2.05) is 13.8 Å². The molecule has 3 rings (SSSR count). The third kappa shape index (κ3) is 4.40. The van der Waals surface area contributed by atoms with Gasteiger partial charge in [0.25, 0.3) is 10.0 Å². The number of rotatable bonds is 6. The Kier molecular flexibility index (Phi) is 5.36. The highest BCUT2D eigenvalue weighted by molar-refractivity contribution is 7.89. The normalized spacial score (nSPS) is 12.0. The summed E-state index contributed by atoms with van der Waals surface area (Å²) in [4.78, 5) is 2.32. The van der Waals surface area contributed by atoms with Gasteiger partial charge in [-0.1, -0.05) is 26.0 Å². The molecule has 1 aromatic heterocycles. The average molecular weight is 386 g/mol. The van der Waals surface area contributed by atoms with Gasteiger partial charge in [-0.15, -0.1) is 0 Å². The molecule has 0 fully saturated rings. The molecule has 140 valence electrons. The maximum Gasteiger partial charge on any atom is 0.276 e.